The van der Waals surface area contributed by atoms with Crippen LogP contribution in [0.25, 0.3) is 0 Å². The molecule has 1 aliphatic rings. The van der Waals surface area contributed by atoms with Crippen molar-refractivity contribution < 1.29 is 14.0 Å². The molecule has 1 aromatic heterocycles. The standard InChI is InChI=1S/C12H17N3O3/c1-2-4-9-11(16)15(12(17)14-9)7-8(13)10-5-3-6-18-10/h3,5-6,8-9H,2,4,7,13H2,1H3,(H,14,17). The number of nitrogens with zero attached hydrogens (tertiary/aromatic N) is 1. The average Bonchev–Trinajstić information content (AvgIpc) is 2.94. The van der Waals surface area contributed by atoms with Crippen LogP contribution in [0.5, 0.6) is 0 Å². The molecule has 3 N–H and O–H groups in total. The number of nitrogens with two attached hydrogens (primary N) is 1. The Balaban J connectivity index is 2.01. The molecule has 0 saturated carbocycles. The van der Waals surface area contributed by atoms with Crippen molar-refractivity contribution >= 4 is 11.9 Å². The maximum Gasteiger partial charge on any atom is 0.324 e. The first-order chi connectivity index (χ1) is 8.63. The zero-order valence-corrected chi connectivity index (χ0v) is 10.3. The second-order valence-corrected chi connectivity index (χ2v) is 4.36. The Kier molecular flexibility index (Phi) is 3.66. The van der Waals surface area contributed by atoms with E-state index < -0.39 is 12.1 Å². The molecule has 0 aliphatic carbocycles. The van der Waals surface area contributed by atoms with Crippen LogP contribution >= 0.6 is 0 Å². The number of imide groups is 1. The second kappa shape index (κ2) is 5.22. The molecule has 1 fully saturated rings. The lowest BCUT2D eigenvalue weighted by molar-refractivity contribution is -0.127. The third kappa shape index (κ3) is 2.38. The highest BCUT2D eigenvalue weighted by Crippen LogP contribution is 2.17. The highest BCUT2D eigenvalue weighted by Gasteiger charge is 2.38. The number of urea groups is 1. The highest BCUT2D eigenvalue weighted by atomic mass is 16.3. The summed E-state index contributed by atoms with van der Waals surface area (Å²) in [5.74, 6) is 0.360. The quantitative estimate of drug-likeness (QED) is 0.764. The summed E-state index contributed by atoms with van der Waals surface area (Å²) in [6, 6.07) is 2.18. The van der Waals surface area contributed by atoms with E-state index in [2.05, 4.69) is 5.32 Å². The largest absolute Gasteiger partial charge is 0.468 e. The van der Waals surface area contributed by atoms with Gasteiger partial charge in [-0.3, -0.25) is 9.69 Å². The Bertz CT molecular complexity index is 430. The Morgan fingerprint density at radius 3 is 2.94 bits per heavy atom. The average molecular weight is 251 g/mol. The molecule has 1 aliphatic heterocycles. The zero-order valence-electron chi connectivity index (χ0n) is 10.3. The van der Waals surface area contributed by atoms with E-state index in [4.69, 9.17) is 10.2 Å². The van der Waals surface area contributed by atoms with Crippen LogP contribution in [-0.2, 0) is 4.79 Å². The number of hydrogen-bond donors (Lipinski definition) is 2. The van der Waals surface area contributed by atoms with Crippen molar-refractivity contribution in [2.24, 2.45) is 5.73 Å². The molecule has 1 aromatic rings. The molecule has 3 amide bonds. The molecule has 2 rings (SSSR count). The van der Waals surface area contributed by atoms with Crippen molar-refractivity contribution in [1.29, 1.82) is 0 Å². The van der Waals surface area contributed by atoms with Crippen LogP contribution in [0.3, 0.4) is 0 Å². The maximum atomic E-state index is 12.0. The Hall–Kier alpha value is -1.82. The van der Waals surface area contributed by atoms with E-state index in [1.807, 2.05) is 6.92 Å². The molecule has 2 atom stereocenters. The van der Waals surface area contributed by atoms with E-state index in [0.717, 1.165) is 11.3 Å². The van der Waals surface area contributed by atoms with E-state index >= 15 is 0 Å². The summed E-state index contributed by atoms with van der Waals surface area (Å²) in [6.07, 6.45) is 3.01. The number of carbonyl (C=O) groups excluding carboxylic acids is 2. The second-order valence-electron chi connectivity index (χ2n) is 4.36. The smallest absolute Gasteiger partial charge is 0.324 e. The molecular weight excluding hydrogens is 234 g/mol. The molecule has 98 valence electrons. The van der Waals surface area contributed by atoms with Gasteiger partial charge >= 0.3 is 6.03 Å². The van der Waals surface area contributed by atoms with Crippen LogP contribution in [0.1, 0.15) is 31.6 Å². The predicted molar refractivity (Wildman–Crippen MR) is 64.6 cm³/mol. The van der Waals surface area contributed by atoms with Gasteiger partial charge in [-0.25, -0.2) is 4.79 Å². The number of furan rings is 1. The highest BCUT2D eigenvalue weighted by molar-refractivity contribution is 6.04. The minimum absolute atomic E-state index is 0.137. The summed E-state index contributed by atoms with van der Waals surface area (Å²) in [5, 5.41) is 2.66. The summed E-state index contributed by atoms with van der Waals surface area (Å²) in [5.41, 5.74) is 5.90. The van der Waals surface area contributed by atoms with E-state index in [9.17, 15) is 9.59 Å². The molecule has 0 radical (unpaired) electrons. The fourth-order valence-electron chi connectivity index (χ4n) is 2.02. The van der Waals surface area contributed by atoms with Crippen LogP contribution in [-0.4, -0.2) is 29.4 Å². The van der Waals surface area contributed by atoms with Gasteiger partial charge in [0, 0.05) is 0 Å². The van der Waals surface area contributed by atoms with Gasteiger partial charge in [-0.2, -0.15) is 0 Å². The van der Waals surface area contributed by atoms with Crippen molar-refractivity contribution in [2.45, 2.75) is 31.8 Å². The third-order valence-corrected chi connectivity index (χ3v) is 2.97. The van der Waals surface area contributed by atoms with Gasteiger partial charge in [0.15, 0.2) is 0 Å². The first-order valence-electron chi connectivity index (χ1n) is 6.04. The van der Waals surface area contributed by atoms with Gasteiger partial charge in [0.2, 0.25) is 0 Å². The first kappa shape index (κ1) is 12.6. The monoisotopic (exact) mass is 251 g/mol. The van der Waals surface area contributed by atoms with Gasteiger partial charge in [-0.05, 0) is 18.6 Å². The van der Waals surface area contributed by atoms with Crippen molar-refractivity contribution in [2.75, 3.05) is 6.54 Å². The summed E-state index contributed by atoms with van der Waals surface area (Å²) in [6.45, 7) is 2.11. The Labute approximate surface area is 105 Å². The van der Waals surface area contributed by atoms with Crippen LogP contribution < -0.4 is 11.1 Å². The lowest BCUT2D eigenvalue weighted by Gasteiger charge is -2.16. The van der Waals surface area contributed by atoms with Gasteiger partial charge in [-0.1, -0.05) is 13.3 Å². The molecule has 6 nitrogen and oxygen atoms in total. The summed E-state index contributed by atoms with van der Waals surface area (Å²) in [7, 11) is 0. The maximum absolute atomic E-state index is 12.0. The van der Waals surface area contributed by atoms with E-state index in [1.54, 1.807) is 12.1 Å². The molecule has 6 heteroatoms. The topological polar surface area (TPSA) is 88.6 Å². The van der Waals surface area contributed by atoms with Gasteiger partial charge in [0.05, 0.1) is 18.8 Å². The van der Waals surface area contributed by atoms with Crippen LogP contribution in [0.15, 0.2) is 22.8 Å². The molecule has 18 heavy (non-hydrogen) atoms. The fourth-order valence-corrected chi connectivity index (χ4v) is 2.02. The normalized spacial score (nSPS) is 21.2. The predicted octanol–water partition coefficient (Wildman–Crippen LogP) is 1.000. The van der Waals surface area contributed by atoms with Gasteiger partial charge in [0.25, 0.3) is 5.91 Å². The van der Waals surface area contributed by atoms with Crippen LogP contribution in [0.2, 0.25) is 0 Å². The minimum atomic E-state index is -0.491. The number of nitrogens with one attached hydrogen (secondary N) is 1. The lowest BCUT2D eigenvalue weighted by atomic mass is 10.1. The van der Waals surface area contributed by atoms with Crippen LogP contribution in [0.4, 0.5) is 4.79 Å². The Morgan fingerprint density at radius 1 is 1.56 bits per heavy atom. The molecular formula is C12H17N3O3. The molecule has 2 unspecified atom stereocenters. The van der Waals surface area contributed by atoms with Crippen LogP contribution in [0, 0.1) is 0 Å². The summed E-state index contributed by atoms with van der Waals surface area (Å²) >= 11 is 0. The summed E-state index contributed by atoms with van der Waals surface area (Å²) < 4.78 is 5.16. The van der Waals surface area contributed by atoms with E-state index in [1.165, 1.54) is 6.26 Å². The summed E-state index contributed by atoms with van der Waals surface area (Å²) in [4.78, 5) is 24.8. The SMILES string of the molecule is CCCC1NC(=O)N(CC(N)c2ccco2)C1=O. The Morgan fingerprint density at radius 2 is 2.33 bits per heavy atom. The molecule has 1 saturated heterocycles. The molecule has 2 heterocycles. The van der Waals surface area contributed by atoms with Crippen molar-refractivity contribution in [3.8, 4) is 0 Å². The van der Waals surface area contributed by atoms with Gasteiger partial charge in [-0.15, -0.1) is 0 Å². The number of carbonyl (C=O) groups is 2. The van der Waals surface area contributed by atoms with Gasteiger partial charge < -0.3 is 15.5 Å². The van der Waals surface area contributed by atoms with Crippen molar-refractivity contribution in [1.82, 2.24) is 10.2 Å². The van der Waals surface area contributed by atoms with Gasteiger partial charge in [0.1, 0.15) is 11.8 Å². The number of hydrogen-bond acceptors (Lipinski definition) is 4. The van der Waals surface area contributed by atoms with E-state index in [0.29, 0.717) is 12.2 Å². The molecule has 0 bridgehead atoms. The zero-order chi connectivity index (χ0) is 13.1. The lowest BCUT2D eigenvalue weighted by Crippen LogP contribution is -2.37. The molecule has 0 aromatic carbocycles. The van der Waals surface area contributed by atoms with Crippen molar-refractivity contribution in [3.05, 3.63) is 24.2 Å². The van der Waals surface area contributed by atoms with E-state index in [-0.39, 0.29) is 18.5 Å². The first-order valence-corrected chi connectivity index (χ1v) is 6.04. The van der Waals surface area contributed by atoms with Crippen molar-refractivity contribution in [3.63, 3.8) is 0 Å². The number of rotatable bonds is 5. The fraction of sp³-hybridized carbons (Fsp3) is 0.500. The molecule has 0 spiro atoms. The third-order valence-electron chi connectivity index (χ3n) is 2.97. The minimum Gasteiger partial charge on any atom is -0.468 e. The number of amides is 3.